The number of aryl methyl sites for hydroxylation is 1. The van der Waals surface area contributed by atoms with E-state index in [0.717, 1.165) is 22.8 Å². The Kier molecular flexibility index (Phi) is 3.13. The largest absolute Gasteiger partial charge is 0.305 e. The van der Waals surface area contributed by atoms with Gasteiger partial charge < -0.3 is 5.32 Å². The molecule has 0 saturated carbocycles. The van der Waals surface area contributed by atoms with Crippen LogP contribution in [0.15, 0.2) is 17.8 Å². The molecule has 0 amide bonds. The van der Waals surface area contributed by atoms with Crippen LogP contribution >= 0.6 is 11.3 Å². The van der Waals surface area contributed by atoms with Gasteiger partial charge in [-0.1, -0.05) is 0 Å². The fourth-order valence-electron chi connectivity index (χ4n) is 1.33. The zero-order chi connectivity index (χ0) is 10.7. The lowest BCUT2D eigenvalue weighted by Gasteiger charge is -2.09. The second-order valence-corrected chi connectivity index (χ2v) is 4.56. The fourth-order valence-corrected chi connectivity index (χ4v) is 2.04. The highest BCUT2D eigenvalue weighted by molar-refractivity contribution is 7.09. The molecule has 0 fully saturated rings. The first-order valence-corrected chi connectivity index (χ1v) is 5.77. The molecule has 2 N–H and O–H groups in total. The van der Waals surface area contributed by atoms with Crippen LogP contribution in [-0.4, -0.2) is 15.2 Å². The van der Waals surface area contributed by atoms with Gasteiger partial charge in [-0.15, -0.1) is 11.3 Å². The molecule has 2 rings (SSSR count). The van der Waals surface area contributed by atoms with Crippen molar-refractivity contribution in [3.8, 4) is 0 Å². The molecule has 0 aliphatic carbocycles. The van der Waals surface area contributed by atoms with E-state index < -0.39 is 0 Å². The van der Waals surface area contributed by atoms with Crippen molar-refractivity contribution in [1.82, 2.24) is 20.5 Å². The zero-order valence-electron chi connectivity index (χ0n) is 8.82. The van der Waals surface area contributed by atoms with Gasteiger partial charge in [0.1, 0.15) is 0 Å². The van der Waals surface area contributed by atoms with Crippen molar-refractivity contribution in [1.29, 1.82) is 0 Å². The number of hydrogen-bond acceptors (Lipinski definition) is 4. The second-order valence-electron chi connectivity index (χ2n) is 3.50. The third-order valence-corrected chi connectivity index (χ3v) is 3.04. The van der Waals surface area contributed by atoms with Gasteiger partial charge in [-0.3, -0.25) is 5.10 Å². The van der Waals surface area contributed by atoms with Gasteiger partial charge in [0.15, 0.2) is 0 Å². The molecule has 2 aromatic rings. The molecule has 4 nitrogen and oxygen atoms in total. The summed E-state index contributed by atoms with van der Waals surface area (Å²) in [5.41, 5.74) is 2.27. The molecule has 0 spiro atoms. The maximum absolute atomic E-state index is 4.44. The molecule has 0 saturated heterocycles. The molecule has 0 aromatic carbocycles. The van der Waals surface area contributed by atoms with E-state index in [4.69, 9.17) is 0 Å². The van der Waals surface area contributed by atoms with Crippen molar-refractivity contribution < 1.29 is 0 Å². The Morgan fingerprint density at radius 1 is 1.60 bits per heavy atom. The van der Waals surface area contributed by atoms with Crippen LogP contribution < -0.4 is 5.32 Å². The molecule has 1 atom stereocenters. The molecule has 1 unspecified atom stereocenters. The lowest BCUT2D eigenvalue weighted by molar-refractivity contribution is 0.563. The van der Waals surface area contributed by atoms with Crippen molar-refractivity contribution in [2.45, 2.75) is 26.4 Å². The summed E-state index contributed by atoms with van der Waals surface area (Å²) < 4.78 is 0. The van der Waals surface area contributed by atoms with Crippen LogP contribution in [0.5, 0.6) is 0 Å². The van der Waals surface area contributed by atoms with Crippen LogP contribution in [0.4, 0.5) is 0 Å². The van der Waals surface area contributed by atoms with Gasteiger partial charge in [0.25, 0.3) is 0 Å². The first kappa shape index (κ1) is 10.3. The summed E-state index contributed by atoms with van der Waals surface area (Å²) >= 11 is 1.69. The van der Waals surface area contributed by atoms with Gasteiger partial charge in [0.2, 0.25) is 0 Å². The molecular weight excluding hydrogens is 208 g/mol. The van der Waals surface area contributed by atoms with Gasteiger partial charge in [-0.05, 0) is 13.8 Å². The topological polar surface area (TPSA) is 53.6 Å². The van der Waals surface area contributed by atoms with E-state index >= 15 is 0 Å². The average molecular weight is 222 g/mol. The number of nitrogens with zero attached hydrogens (tertiary/aromatic N) is 2. The van der Waals surface area contributed by atoms with Crippen LogP contribution in [0.25, 0.3) is 0 Å². The Morgan fingerprint density at radius 3 is 3.07 bits per heavy atom. The van der Waals surface area contributed by atoms with E-state index in [-0.39, 0.29) is 6.04 Å². The van der Waals surface area contributed by atoms with Gasteiger partial charge >= 0.3 is 0 Å². The summed E-state index contributed by atoms with van der Waals surface area (Å²) in [5.74, 6) is 0. The monoisotopic (exact) mass is 222 g/mol. The molecule has 5 heteroatoms. The molecule has 15 heavy (non-hydrogen) atoms. The van der Waals surface area contributed by atoms with Crippen LogP contribution in [0.1, 0.15) is 29.2 Å². The number of thiazole rings is 1. The predicted molar refractivity (Wildman–Crippen MR) is 60.7 cm³/mol. The van der Waals surface area contributed by atoms with Crippen molar-refractivity contribution in [3.05, 3.63) is 34.0 Å². The maximum atomic E-state index is 4.44. The Bertz CT molecular complexity index is 407. The molecule has 2 aromatic heterocycles. The molecule has 0 radical (unpaired) electrons. The summed E-state index contributed by atoms with van der Waals surface area (Å²) in [6, 6.07) is 0.282. The zero-order valence-corrected chi connectivity index (χ0v) is 9.64. The maximum Gasteiger partial charge on any atom is 0.0898 e. The Labute approximate surface area is 92.8 Å². The smallest absolute Gasteiger partial charge is 0.0898 e. The minimum absolute atomic E-state index is 0.282. The van der Waals surface area contributed by atoms with Gasteiger partial charge in [-0.2, -0.15) is 5.10 Å². The molecule has 0 aliphatic rings. The van der Waals surface area contributed by atoms with Crippen LogP contribution in [-0.2, 0) is 6.54 Å². The summed E-state index contributed by atoms with van der Waals surface area (Å²) in [5, 5.41) is 13.3. The normalized spacial score (nSPS) is 12.9. The van der Waals surface area contributed by atoms with Crippen molar-refractivity contribution in [2.75, 3.05) is 0 Å². The van der Waals surface area contributed by atoms with Crippen LogP contribution in [0.3, 0.4) is 0 Å². The molecular formula is C10H14N4S. The lowest BCUT2D eigenvalue weighted by Crippen LogP contribution is -2.18. The fraction of sp³-hybridized carbons (Fsp3) is 0.400. The number of aromatic nitrogens is 3. The average Bonchev–Trinajstić information content (AvgIpc) is 2.84. The van der Waals surface area contributed by atoms with E-state index in [1.54, 1.807) is 11.3 Å². The van der Waals surface area contributed by atoms with Crippen molar-refractivity contribution in [2.24, 2.45) is 0 Å². The standard InChI is InChI=1S/C10H14N4S/c1-7(10-6-15-8(2)14-10)11-3-9-4-12-13-5-9/h4-7,11H,3H2,1-2H3,(H,12,13). The third-order valence-electron chi connectivity index (χ3n) is 2.25. The second kappa shape index (κ2) is 4.55. The van der Waals surface area contributed by atoms with E-state index in [0.29, 0.717) is 0 Å². The summed E-state index contributed by atoms with van der Waals surface area (Å²) in [6.45, 7) is 4.96. The highest BCUT2D eigenvalue weighted by atomic mass is 32.1. The lowest BCUT2D eigenvalue weighted by atomic mass is 10.2. The van der Waals surface area contributed by atoms with Crippen molar-refractivity contribution >= 4 is 11.3 Å². The highest BCUT2D eigenvalue weighted by Gasteiger charge is 2.07. The Balaban J connectivity index is 1.90. The van der Waals surface area contributed by atoms with Gasteiger partial charge in [-0.25, -0.2) is 4.98 Å². The van der Waals surface area contributed by atoms with E-state index in [2.05, 4.69) is 32.8 Å². The van der Waals surface area contributed by atoms with Gasteiger partial charge in [0.05, 0.1) is 16.9 Å². The Morgan fingerprint density at radius 2 is 2.47 bits per heavy atom. The number of nitrogens with one attached hydrogen (secondary N) is 2. The summed E-state index contributed by atoms with van der Waals surface area (Å²) in [7, 11) is 0. The van der Waals surface area contributed by atoms with E-state index in [1.165, 1.54) is 0 Å². The first-order valence-electron chi connectivity index (χ1n) is 4.89. The molecule has 0 aliphatic heterocycles. The minimum atomic E-state index is 0.282. The number of aromatic amines is 1. The number of H-pyrrole nitrogens is 1. The van der Waals surface area contributed by atoms with E-state index in [1.807, 2.05) is 19.3 Å². The quantitative estimate of drug-likeness (QED) is 0.832. The molecule has 0 bridgehead atoms. The third kappa shape index (κ3) is 2.64. The SMILES string of the molecule is Cc1nc(C(C)NCc2cn[nH]c2)cs1. The highest BCUT2D eigenvalue weighted by Crippen LogP contribution is 2.15. The minimum Gasteiger partial charge on any atom is -0.305 e. The molecule has 2 heterocycles. The van der Waals surface area contributed by atoms with Crippen LogP contribution in [0, 0.1) is 6.92 Å². The summed E-state index contributed by atoms with van der Waals surface area (Å²) in [6.07, 6.45) is 3.72. The number of hydrogen-bond donors (Lipinski definition) is 2. The van der Waals surface area contributed by atoms with Crippen molar-refractivity contribution in [3.63, 3.8) is 0 Å². The summed E-state index contributed by atoms with van der Waals surface area (Å²) in [4.78, 5) is 4.44. The van der Waals surface area contributed by atoms with E-state index in [9.17, 15) is 0 Å². The predicted octanol–water partition coefficient (Wildman–Crippen LogP) is 2.03. The van der Waals surface area contributed by atoms with Crippen LogP contribution in [0.2, 0.25) is 0 Å². The number of rotatable bonds is 4. The van der Waals surface area contributed by atoms with Gasteiger partial charge in [0, 0.05) is 29.7 Å². The first-order chi connectivity index (χ1) is 7.25. The molecule has 80 valence electrons. The Hall–Kier alpha value is -1.20.